The van der Waals surface area contributed by atoms with Gasteiger partial charge in [0.05, 0.1) is 27.0 Å². The fourth-order valence-corrected chi connectivity index (χ4v) is 1.95. The molecule has 0 aliphatic heterocycles. The van der Waals surface area contributed by atoms with Crippen molar-refractivity contribution in [3.05, 3.63) is 46.1 Å². The molecule has 92 valence electrons. The number of carboxylic acid groups (broad SMARTS) is 1. The number of nitrogens with two attached hydrogens (primary N) is 1. The topological polar surface area (TPSA) is 76.2 Å². The van der Waals surface area contributed by atoms with E-state index in [9.17, 15) is 4.79 Å². The molecule has 0 spiro atoms. The molecule has 1 heterocycles. The Labute approximate surface area is 113 Å². The van der Waals surface area contributed by atoms with Crippen molar-refractivity contribution in [3.8, 4) is 11.3 Å². The minimum atomic E-state index is -1.12. The molecule has 4 nitrogen and oxygen atoms in total. The van der Waals surface area contributed by atoms with Gasteiger partial charge in [0, 0.05) is 11.8 Å². The summed E-state index contributed by atoms with van der Waals surface area (Å²) in [7, 11) is 0. The number of rotatable bonds is 2. The second-order valence-corrected chi connectivity index (χ2v) is 4.31. The first kappa shape index (κ1) is 12.7. The van der Waals surface area contributed by atoms with Gasteiger partial charge in [0.1, 0.15) is 0 Å². The minimum absolute atomic E-state index is 0.0176. The zero-order valence-corrected chi connectivity index (χ0v) is 10.5. The number of benzene rings is 1. The van der Waals surface area contributed by atoms with Crippen molar-refractivity contribution in [1.82, 2.24) is 4.98 Å². The molecule has 0 saturated carbocycles. The average Bonchev–Trinajstić information content (AvgIpc) is 2.33. The van der Waals surface area contributed by atoms with Gasteiger partial charge < -0.3 is 10.8 Å². The fourth-order valence-electron chi connectivity index (χ4n) is 1.56. The van der Waals surface area contributed by atoms with Gasteiger partial charge in [-0.25, -0.2) is 4.79 Å². The number of anilines is 1. The van der Waals surface area contributed by atoms with E-state index >= 15 is 0 Å². The van der Waals surface area contributed by atoms with E-state index in [-0.39, 0.29) is 11.3 Å². The van der Waals surface area contributed by atoms with Crippen LogP contribution in [0.1, 0.15) is 10.4 Å². The maximum Gasteiger partial charge on any atom is 0.337 e. The van der Waals surface area contributed by atoms with Crippen LogP contribution in [0.5, 0.6) is 0 Å². The van der Waals surface area contributed by atoms with E-state index in [1.165, 1.54) is 12.3 Å². The monoisotopic (exact) mass is 282 g/mol. The smallest absolute Gasteiger partial charge is 0.337 e. The van der Waals surface area contributed by atoms with Gasteiger partial charge in [0.15, 0.2) is 0 Å². The number of aromatic carboxylic acids is 1. The van der Waals surface area contributed by atoms with Crippen molar-refractivity contribution in [2.45, 2.75) is 0 Å². The van der Waals surface area contributed by atoms with Crippen LogP contribution in [0.3, 0.4) is 0 Å². The van der Waals surface area contributed by atoms with E-state index in [1.54, 1.807) is 18.2 Å². The average molecular weight is 283 g/mol. The molecule has 0 saturated heterocycles. The Kier molecular flexibility index (Phi) is 3.41. The Morgan fingerprint density at radius 2 is 2.00 bits per heavy atom. The summed E-state index contributed by atoms with van der Waals surface area (Å²) in [4.78, 5) is 15.1. The van der Waals surface area contributed by atoms with Gasteiger partial charge in [-0.05, 0) is 12.1 Å². The molecule has 2 aromatic rings. The van der Waals surface area contributed by atoms with Crippen molar-refractivity contribution in [2.75, 3.05) is 5.73 Å². The van der Waals surface area contributed by atoms with E-state index in [1.807, 2.05) is 0 Å². The summed E-state index contributed by atoms with van der Waals surface area (Å²) in [5, 5.41) is 9.64. The van der Waals surface area contributed by atoms with Crippen molar-refractivity contribution in [3.63, 3.8) is 0 Å². The molecule has 0 atom stereocenters. The number of nitrogen functional groups attached to an aromatic ring is 1. The number of carbonyl (C=O) groups is 1. The lowest BCUT2D eigenvalue weighted by Gasteiger charge is -2.09. The normalized spacial score (nSPS) is 10.3. The van der Waals surface area contributed by atoms with E-state index < -0.39 is 5.97 Å². The molecular weight excluding hydrogens is 275 g/mol. The molecule has 0 fully saturated rings. The van der Waals surface area contributed by atoms with E-state index in [0.717, 1.165) is 0 Å². The summed E-state index contributed by atoms with van der Waals surface area (Å²) in [6.45, 7) is 0. The van der Waals surface area contributed by atoms with Gasteiger partial charge >= 0.3 is 5.97 Å². The predicted molar refractivity (Wildman–Crippen MR) is 71.1 cm³/mol. The number of pyridine rings is 1. The Morgan fingerprint density at radius 3 is 2.67 bits per heavy atom. The highest BCUT2D eigenvalue weighted by Crippen LogP contribution is 2.35. The molecule has 0 bridgehead atoms. The van der Waals surface area contributed by atoms with Crippen LogP contribution in [-0.4, -0.2) is 16.1 Å². The lowest BCUT2D eigenvalue weighted by atomic mass is 10.1. The van der Waals surface area contributed by atoms with Gasteiger partial charge in [0.2, 0.25) is 0 Å². The maximum absolute atomic E-state index is 11.0. The largest absolute Gasteiger partial charge is 0.478 e. The van der Waals surface area contributed by atoms with Crippen LogP contribution in [0, 0.1) is 0 Å². The summed E-state index contributed by atoms with van der Waals surface area (Å²) in [5.41, 5.74) is 6.65. The van der Waals surface area contributed by atoms with Crippen molar-refractivity contribution < 1.29 is 9.90 Å². The predicted octanol–water partition coefficient (Wildman–Crippen LogP) is 3.34. The Bertz CT molecular complexity index is 629. The summed E-state index contributed by atoms with van der Waals surface area (Å²) in [5.74, 6) is -1.12. The highest BCUT2D eigenvalue weighted by molar-refractivity contribution is 6.43. The number of carboxylic acids is 1. The lowest BCUT2D eigenvalue weighted by Crippen LogP contribution is -2.05. The third kappa shape index (κ3) is 2.12. The van der Waals surface area contributed by atoms with Crippen LogP contribution in [0.4, 0.5) is 5.69 Å². The Balaban J connectivity index is 2.69. The highest BCUT2D eigenvalue weighted by atomic mass is 35.5. The second-order valence-electron chi connectivity index (χ2n) is 3.53. The zero-order valence-electron chi connectivity index (χ0n) is 9.02. The van der Waals surface area contributed by atoms with Crippen molar-refractivity contribution >= 4 is 34.9 Å². The summed E-state index contributed by atoms with van der Waals surface area (Å²) < 4.78 is 0. The molecular formula is C12H8Cl2N2O2. The molecule has 2 rings (SSSR count). The fraction of sp³-hybridized carbons (Fsp3) is 0. The van der Waals surface area contributed by atoms with Crippen LogP contribution in [0.25, 0.3) is 11.3 Å². The molecule has 0 aliphatic carbocycles. The quantitative estimate of drug-likeness (QED) is 0.886. The first-order valence-electron chi connectivity index (χ1n) is 4.94. The SMILES string of the molecule is Nc1c(C(=O)O)ccnc1-c1cccc(Cl)c1Cl. The third-order valence-electron chi connectivity index (χ3n) is 2.43. The molecule has 3 N–H and O–H groups in total. The van der Waals surface area contributed by atoms with Crippen LogP contribution in [0.15, 0.2) is 30.5 Å². The van der Waals surface area contributed by atoms with Crippen LogP contribution in [0.2, 0.25) is 10.0 Å². The molecule has 0 amide bonds. The van der Waals surface area contributed by atoms with Crippen LogP contribution < -0.4 is 5.73 Å². The molecule has 1 aromatic carbocycles. The number of halogens is 2. The first-order chi connectivity index (χ1) is 8.52. The third-order valence-corrected chi connectivity index (χ3v) is 3.25. The van der Waals surface area contributed by atoms with E-state index in [0.29, 0.717) is 21.3 Å². The lowest BCUT2D eigenvalue weighted by molar-refractivity contribution is 0.0698. The van der Waals surface area contributed by atoms with Gasteiger partial charge in [-0.1, -0.05) is 35.3 Å². The van der Waals surface area contributed by atoms with Crippen molar-refractivity contribution in [2.24, 2.45) is 0 Å². The summed E-state index contributed by atoms with van der Waals surface area (Å²) >= 11 is 12.0. The van der Waals surface area contributed by atoms with Gasteiger partial charge in [-0.2, -0.15) is 0 Å². The van der Waals surface area contributed by atoms with Crippen LogP contribution in [-0.2, 0) is 0 Å². The second kappa shape index (κ2) is 4.84. The van der Waals surface area contributed by atoms with Gasteiger partial charge in [-0.3, -0.25) is 4.98 Å². The minimum Gasteiger partial charge on any atom is -0.478 e. The number of nitrogens with zero attached hydrogens (tertiary/aromatic N) is 1. The number of hydrogen-bond donors (Lipinski definition) is 2. The summed E-state index contributed by atoms with van der Waals surface area (Å²) in [6.07, 6.45) is 1.37. The van der Waals surface area contributed by atoms with Gasteiger partial charge in [0.25, 0.3) is 0 Å². The molecule has 0 aliphatic rings. The molecule has 6 heteroatoms. The number of hydrogen-bond acceptors (Lipinski definition) is 3. The molecule has 1 aromatic heterocycles. The van der Waals surface area contributed by atoms with Gasteiger partial charge in [-0.15, -0.1) is 0 Å². The Morgan fingerprint density at radius 1 is 1.28 bits per heavy atom. The van der Waals surface area contributed by atoms with E-state index in [4.69, 9.17) is 34.0 Å². The van der Waals surface area contributed by atoms with Crippen LogP contribution >= 0.6 is 23.2 Å². The Hall–Kier alpha value is -1.78. The molecule has 0 radical (unpaired) electrons. The van der Waals surface area contributed by atoms with Crippen molar-refractivity contribution in [1.29, 1.82) is 0 Å². The highest BCUT2D eigenvalue weighted by Gasteiger charge is 2.16. The molecule has 18 heavy (non-hydrogen) atoms. The first-order valence-corrected chi connectivity index (χ1v) is 5.70. The van der Waals surface area contributed by atoms with E-state index in [2.05, 4.69) is 4.98 Å². The number of aromatic nitrogens is 1. The zero-order chi connectivity index (χ0) is 13.3. The maximum atomic E-state index is 11.0. The molecule has 0 unspecified atom stereocenters. The summed E-state index contributed by atoms with van der Waals surface area (Å²) in [6, 6.07) is 6.33. The standard InChI is InChI=1S/C12H8Cl2N2O2/c13-8-3-1-2-6(9(8)14)11-10(15)7(12(17)18)4-5-16-11/h1-5H,15H2,(H,17,18).